The van der Waals surface area contributed by atoms with Gasteiger partial charge in [0.1, 0.15) is 5.52 Å². The number of fused-ring (bicyclic) bond motifs is 1. The van der Waals surface area contributed by atoms with E-state index in [1.165, 1.54) is 6.07 Å². The van der Waals surface area contributed by atoms with Crippen molar-refractivity contribution >= 4 is 22.7 Å². The second-order valence-corrected chi connectivity index (χ2v) is 5.45. The first-order valence-corrected chi connectivity index (χ1v) is 7.17. The second kappa shape index (κ2) is 4.94. The van der Waals surface area contributed by atoms with Crippen molar-refractivity contribution in [3.63, 3.8) is 0 Å². The Labute approximate surface area is 126 Å². The van der Waals surface area contributed by atoms with Crippen LogP contribution in [0.15, 0.2) is 46.9 Å². The van der Waals surface area contributed by atoms with E-state index in [0.717, 1.165) is 24.1 Å². The van der Waals surface area contributed by atoms with Crippen LogP contribution >= 0.6 is 0 Å². The first-order valence-electron chi connectivity index (χ1n) is 7.17. The zero-order chi connectivity index (χ0) is 15.1. The highest BCUT2D eigenvalue weighted by atomic mass is 19.1. The number of amides is 1. The van der Waals surface area contributed by atoms with Gasteiger partial charge in [0, 0.05) is 17.2 Å². The first-order chi connectivity index (χ1) is 10.7. The molecule has 1 aliphatic rings. The zero-order valence-electron chi connectivity index (χ0n) is 11.7. The molecule has 0 spiro atoms. The van der Waals surface area contributed by atoms with E-state index in [1.54, 1.807) is 36.4 Å². The first kappa shape index (κ1) is 13.0. The number of carbonyl (C=O) groups is 1. The van der Waals surface area contributed by atoms with Crippen molar-refractivity contribution in [2.75, 3.05) is 5.32 Å². The maximum Gasteiger partial charge on any atom is 0.227 e. The Balaban J connectivity index is 1.61. The Morgan fingerprint density at radius 1 is 1.18 bits per heavy atom. The number of oxazole rings is 1. The smallest absolute Gasteiger partial charge is 0.227 e. The fraction of sp³-hybridized carbons (Fsp3) is 0.176. The van der Waals surface area contributed by atoms with Gasteiger partial charge in [-0.2, -0.15) is 0 Å². The van der Waals surface area contributed by atoms with E-state index in [1.807, 2.05) is 0 Å². The summed E-state index contributed by atoms with van der Waals surface area (Å²) < 4.78 is 19.1. The highest BCUT2D eigenvalue weighted by molar-refractivity contribution is 5.94. The van der Waals surface area contributed by atoms with Crippen molar-refractivity contribution in [2.24, 2.45) is 5.92 Å². The zero-order valence-corrected chi connectivity index (χ0v) is 11.7. The molecule has 1 aromatic heterocycles. The van der Waals surface area contributed by atoms with Crippen LogP contribution in [0.5, 0.6) is 0 Å². The molecule has 0 saturated heterocycles. The lowest BCUT2D eigenvalue weighted by molar-refractivity contribution is -0.117. The largest absolute Gasteiger partial charge is 0.433 e. The van der Waals surface area contributed by atoms with E-state index in [2.05, 4.69) is 10.3 Å². The average molecular weight is 296 g/mol. The van der Waals surface area contributed by atoms with Crippen LogP contribution < -0.4 is 5.32 Å². The average Bonchev–Trinajstić information content (AvgIpc) is 3.28. The molecule has 0 radical (unpaired) electrons. The molecule has 4 nitrogen and oxygen atoms in total. The van der Waals surface area contributed by atoms with Crippen molar-refractivity contribution < 1.29 is 13.6 Å². The molecule has 1 N–H and O–H groups in total. The van der Waals surface area contributed by atoms with Gasteiger partial charge in [-0.3, -0.25) is 4.79 Å². The third-order valence-electron chi connectivity index (χ3n) is 3.71. The van der Waals surface area contributed by atoms with Gasteiger partial charge in [0.05, 0.1) is 0 Å². The number of benzene rings is 2. The number of hydrogen-bond acceptors (Lipinski definition) is 3. The fourth-order valence-corrected chi connectivity index (χ4v) is 2.32. The highest BCUT2D eigenvalue weighted by Gasteiger charge is 2.29. The minimum Gasteiger partial charge on any atom is -0.433 e. The van der Waals surface area contributed by atoms with Gasteiger partial charge in [-0.05, 0) is 49.2 Å². The summed E-state index contributed by atoms with van der Waals surface area (Å²) in [6, 6.07) is 11.8. The summed E-state index contributed by atoms with van der Waals surface area (Å²) in [5, 5.41) is 2.87. The van der Waals surface area contributed by atoms with Crippen LogP contribution in [-0.2, 0) is 4.79 Å². The molecule has 1 amide bonds. The summed E-state index contributed by atoms with van der Waals surface area (Å²) >= 11 is 0. The maximum absolute atomic E-state index is 13.6. The minimum atomic E-state index is -0.426. The third kappa shape index (κ3) is 2.35. The van der Waals surface area contributed by atoms with Gasteiger partial charge in [-0.15, -0.1) is 0 Å². The van der Waals surface area contributed by atoms with Crippen molar-refractivity contribution in [1.29, 1.82) is 0 Å². The SMILES string of the molecule is O=C(Nc1ccc(-c2nc3cccc(F)c3o2)cc1)C1CC1. The molecule has 0 bridgehead atoms. The molecule has 110 valence electrons. The van der Waals surface area contributed by atoms with E-state index in [-0.39, 0.29) is 17.4 Å². The van der Waals surface area contributed by atoms with Crippen LogP contribution in [0, 0.1) is 11.7 Å². The Morgan fingerprint density at radius 2 is 1.95 bits per heavy atom. The van der Waals surface area contributed by atoms with Crippen LogP contribution in [0.2, 0.25) is 0 Å². The van der Waals surface area contributed by atoms with Crippen molar-refractivity contribution in [3.8, 4) is 11.5 Å². The van der Waals surface area contributed by atoms with Crippen LogP contribution in [0.1, 0.15) is 12.8 Å². The Hall–Kier alpha value is -2.69. The lowest BCUT2D eigenvalue weighted by Crippen LogP contribution is -2.12. The number of aromatic nitrogens is 1. The third-order valence-corrected chi connectivity index (χ3v) is 3.71. The molecular formula is C17H13FN2O2. The van der Waals surface area contributed by atoms with Gasteiger partial charge in [0.25, 0.3) is 0 Å². The molecule has 5 heteroatoms. The highest BCUT2D eigenvalue weighted by Crippen LogP contribution is 2.31. The van der Waals surface area contributed by atoms with Crippen LogP contribution in [0.25, 0.3) is 22.6 Å². The number of nitrogens with zero attached hydrogens (tertiary/aromatic N) is 1. The molecule has 0 aliphatic heterocycles. The fourth-order valence-electron chi connectivity index (χ4n) is 2.32. The molecule has 1 aliphatic carbocycles. The lowest BCUT2D eigenvalue weighted by atomic mass is 10.2. The van der Waals surface area contributed by atoms with E-state index in [4.69, 9.17) is 4.42 Å². The van der Waals surface area contributed by atoms with Gasteiger partial charge < -0.3 is 9.73 Å². The molecule has 4 rings (SSSR count). The molecule has 2 aromatic carbocycles. The van der Waals surface area contributed by atoms with Crippen molar-refractivity contribution in [1.82, 2.24) is 4.98 Å². The van der Waals surface area contributed by atoms with Gasteiger partial charge in [0.15, 0.2) is 11.4 Å². The second-order valence-electron chi connectivity index (χ2n) is 5.45. The molecule has 1 fully saturated rings. The topological polar surface area (TPSA) is 55.1 Å². The molecular weight excluding hydrogens is 283 g/mol. The van der Waals surface area contributed by atoms with E-state index in [0.29, 0.717) is 11.4 Å². The Kier molecular flexibility index (Phi) is 2.92. The molecule has 0 atom stereocenters. The van der Waals surface area contributed by atoms with Gasteiger partial charge in [0.2, 0.25) is 11.8 Å². The van der Waals surface area contributed by atoms with Gasteiger partial charge in [-0.25, -0.2) is 9.37 Å². The number of anilines is 1. The summed E-state index contributed by atoms with van der Waals surface area (Å²) in [6.07, 6.45) is 1.94. The van der Waals surface area contributed by atoms with Crippen molar-refractivity contribution in [2.45, 2.75) is 12.8 Å². The summed E-state index contributed by atoms with van der Waals surface area (Å²) in [5.41, 5.74) is 2.12. The number of hydrogen-bond donors (Lipinski definition) is 1. The van der Waals surface area contributed by atoms with Crippen LogP contribution in [0.4, 0.5) is 10.1 Å². The number of rotatable bonds is 3. The number of halogens is 1. The standard InChI is InChI=1S/C17H13FN2O2/c18-13-2-1-3-14-15(13)22-17(20-14)11-6-8-12(9-7-11)19-16(21)10-4-5-10/h1-3,6-10H,4-5H2,(H,19,21). The predicted molar refractivity (Wildman–Crippen MR) is 80.8 cm³/mol. The molecule has 1 heterocycles. The summed E-state index contributed by atoms with van der Waals surface area (Å²) in [5.74, 6) is 0.168. The summed E-state index contributed by atoms with van der Waals surface area (Å²) in [7, 11) is 0. The monoisotopic (exact) mass is 296 g/mol. The minimum absolute atomic E-state index is 0.0664. The maximum atomic E-state index is 13.6. The summed E-state index contributed by atoms with van der Waals surface area (Å²) in [4.78, 5) is 16.0. The molecule has 3 aromatic rings. The van der Waals surface area contributed by atoms with Gasteiger partial charge >= 0.3 is 0 Å². The number of nitrogens with one attached hydrogen (secondary N) is 1. The van der Waals surface area contributed by atoms with E-state index < -0.39 is 5.82 Å². The Morgan fingerprint density at radius 3 is 2.64 bits per heavy atom. The molecule has 1 saturated carbocycles. The van der Waals surface area contributed by atoms with E-state index >= 15 is 0 Å². The summed E-state index contributed by atoms with van der Waals surface area (Å²) in [6.45, 7) is 0. The van der Waals surface area contributed by atoms with Crippen molar-refractivity contribution in [3.05, 3.63) is 48.3 Å². The van der Waals surface area contributed by atoms with Gasteiger partial charge in [-0.1, -0.05) is 6.07 Å². The molecule has 22 heavy (non-hydrogen) atoms. The quantitative estimate of drug-likeness (QED) is 0.795. The predicted octanol–water partition coefficient (Wildman–Crippen LogP) is 3.98. The number of para-hydroxylation sites is 1. The van der Waals surface area contributed by atoms with E-state index in [9.17, 15) is 9.18 Å². The lowest BCUT2D eigenvalue weighted by Gasteiger charge is -2.04. The van der Waals surface area contributed by atoms with Crippen LogP contribution in [-0.4, -0.2) is 10.9 Å². The normalized spacial score (nSPS) is 14.2. The molecule has 0 unspecified atom stereocenters. The number of carbonyl (C=O) groups excluding carboxylic acids is 1. The Bertz CT molecular complexity index is 851. The van der Waals surface area contributed by atoms with Crippen LogP contribution in [0.3, 0.4) is 0 Å².